The molecule has 2 heterocycles. The monoisotopic (exact) mass is 104 g/mol. The van der Waals surface area contributed by atoms with Crippen LogP contribution in [0.15, 0.2) is 18.3 Å². The van der Waals surface area contributed by atoms with Crippen molar-refractivity contribution in [1.29, 1.82) is 0 Å². The van der Waals surface area contributed by atoms with Gasteiger partial charge in [-0.05, 0) is 12.1 Å². The van der Waals surface area contributed by atoms with Crippen LogP contribution in [0.5, 0.6) is 0 Å². The summed E-state index contributed by atoms with van der Waals surface area (Å²) in [4.78, 5) is 0. The quantitative estimate of drug-likeness (QED) is 0.467. The van der Waals surface area contributed by atoms with Gasteiger partial charge in [-0.2, -0.15) is 0 Å². The first-order valence-electron chi connectivity index (χ1n) is 2.69. The molecule has 1 aliphatic rings. The van der Waals surface area contributed by atoms with Crippen LogP contribution >= 0.6 is 0 Å². The fourth-order valence-corrected chi connectivity index (χ4v) is 0.959. The van der Waals surface area contributed by atoms with E-state index in [4.69, 9.17) is 0 Å². The van der Waals surface area contributed by atoms with Gasteiger partial charge in [0, 0.05) is 24.5 Å². The van der Waals surface area contributed by atoms with Crippen molar-refractivity contribution in [3.63, 3.8) is 0 Å². The lowest BCUT2D eigenvalue weighted by atomic mass is 10.4. The topological polar surface area (TPSA) is 4.93 Å². The van der Waals surface area contributed by atoms with Gasteiger partial charge < -0.3 is 4.57 Å². The third kappa shape index (κ3) is 0.360. The largest absolute Gasteiger partial charge is 0.344 e. The highest BCUT2D eigenvalue weighted by atomic mass is 15.0. The van der Waals surface area contributed by atoms with Crippen molar-refractivity contribution in [1.82, 2.24) is 4.57 Å². The summed E-state index contributed by atoms with van der Waals surface area (Å²) in [6, 6.07) is 5.00. The molecule has 0 spiro atoms. The summed E-state index contributed by atoms with van der Waals surface area (Å²) < 4.78 is 2.15. The second kappa shape index (κ2) is 1.25. The molecule has 1 nitrogen and oxygen atoms in total. The molecule has 0 aliphatic carbocycles. The van der Waals surface area contributed by atoms with E-state index < -0.39 is 0 Å². The van der Waals surface area contributed by atoms with Gasteiger partial charge in [-0.1, -0.05) is 6.08 Å². The molecule has 0 aromatic carbocycles. The van der Waals surface area contributed by atoms with Gasteiger partial charge in [0.2, 0.25) is 0 Å². The minimum Gasteiger partial charge on any atom is -0.344 e. The average molecular weight is 104 g/mol. The molecule has 8 heavy (non-hydrogen) atoms. The lowest BCUT2D eigenvalue weighted by Gasteiger charge is -1.90. The molecule has 1 aromatic rings. The predicted molar refractivity (Wildman–Crippen MR) is 32.3 cm³/mol. The van der Waals surface area contributed by atoms with E-state index in [1.807, 2.05) is 12.3 Å². The Balaban J connectivity index is 2.67. The molecule has 0 atom stereocenters. The van der Waals surface area contributed by atoms with Crippen molar-refractivity contribution in [3.05, 3.63) is 30.1 Å². The zero-order valence-corrected chi connectivity index (χ0v) is 4.46. The molecule has 2 rings (SSSR count). The van der Waals surface area contributed by atoms with Crippen molar-refractivity contribution in [2.24, 2.45) is 0 Å². The summed E-state index contributed by atoms with van der Waals surface area (Å²) in [5, 5.41) is 0. The summed E-state index contributed by atoms with van der Waals surface area (Å²) in [6.07, 6.45) is 6.22. The van der Waals surface area contributed by atoms with E-state index in [9.17, 15) is 0 Å². The van der Waals surface area contributed by atoms with Crippen LogP contribution in [0.4, 0.5) is 0 Å². The number of aromatic nitrogens is 1. The molecular weight excluding hydrogens is 98.1 g/mol. The summed E-state index contributed by atoms with van der Waals surface area (Å²) in [6.45, 7) is 1.03. The van der Waals surface area contributed by atoms with Crippen molar-refractivity contribution in [3.8, 4) is 0 Å². The molecule has 1 radical (unpaired) electrons. The average Bonchev–Trinajstić information content (AvgIpc) is 2.15. The molecule has 0 fully saturated rings. The van der Waals surface area contributed by atoms with Crippen LogP contribution in [0.2, 0.25) is 0 Å². The molecular formula is C7H6N. The van der Waals surface area contributed by atoms with Crippen molar-refractivity contribution in [2.45, 2.75) is 6.54 Å². The fraction of sp³-hybridized carbons (Fsp3) is 0.143. The minimum absolute atomic E-state index is 1.03. The molecule has 39 valence electrons. The van der Waals surface area contributed by atoms with Gasteiger partial charge in [-0.15, -0.1) is 0 Å². The summed E-state index contributed by atoms with van der Waals surface area (Å²) in [7, 11) is 0. The first-order chi connectivity index (χ1) is 3.97. The molecule has 0 unspecified atom stereocenters. The highest BCUT2D eigenvalue weighted by Crippen LogP contribution is 2.09. The molecule has 0 N–H and O–H groups in total. The van der Waals surface area contributed by atoms with Gasteiger partial charge >= 0.3 is 0 Å². The Bertz CT molecular complexity index is 220. The fourth-order valence-electron chi connectivity index (χ4n) is 0.959. The number of hydrogen-bond donors (Lipinski definition) is 0. The first-order valence-corrected chi connectivity index (χ1v) is 2.69. The van der Waals surface area contributed by atoms with Gasteiger partial charge in [-0.25, -0.2) is 0 Å². The number of fused-ring (bicyclic) bond motifs is 1. The lowest BCUT2D eigenvalue weighted by molar-refractivity contribution is 0.847. The van der Waals surface area contributed by atoms with Crippen LogP contribution in [-0.2, 0) is 6.54 Å². The van der Waals surface area contributed by atoms with Gasteiger partial charge in [-0.3, -0.25) is 0 Å². The molecule has 0 saturated carbocycles. The lowest BCUT2D eigenvalue weighted by Crippen LogP contribution is -1.87. The van der Waals surface area contributed by atoms with Gasteiger partial charge in [0.1, 0.15) is 0 Å². The Hall–Kier alpha value is -0.980. The molecule has 0 bridgehead atoms. The predicted octanol–water partition coefficient (Wildman–Crippen LogP) is 1.32. The summed E-state index contributed by atoms with van der Waals surface area (Å²) in [5.41, 5.74) is 1.27. The standard InChI is InChI=1S/C7H6N/c1-3-7-4-2-6-8(7)5-1/h1,3-4,6H,5H2. The van der Waals surface area contributed by atoms with Crippen molar-refractivity contribution < 1.29 is 0 Å². The molecule has 1 aliphatic heterocycles. The van der Waals surface area contributed by atoms with E-state index in [1.54, 1.807) is 0 Å². The second-order valence-corrected chi connectivity index (χ2v) is 1.92. The zero-order chi connectivity index (χ0) is 5.40. The van der Waals surface area contributed by atoms with E-state index in [-0.39, 0.29) is 0 Å². The number of hydrogen-bond acceptors (Lipinski definition) is 0. The Morgan fingerprint density at radius 3 is 3.50 bits per heavy atom. The molecule has 0 amide bonds. The molecule has 0 saturated heterocycles. The molecule has 1 heteroatoms. The van der Waals surface area contributed by atoms with Crippen molar-refractivity contribution >= 4 is 6.08 Å². The van der Waals surface area contributed by atoms with Gasteiger partial charge in [0.15, 0.2) is 0 Å². The minimum atomic E-state index is 1.03. The smallest absolute Gasteiger partial charge is 0.0413 e. The normalized spacial score (nSPS) is 14.5. The van der Waals surface area contributed by atoms with E-state index in [2.05, 4.69) is 22.8 Å². The number of allylic oxidation sites excluding steroid dienone is 1. The SMILES string of the molecule is [c]1cc2n(c1)CC=C2. The Kier molecular flexibility index (Phi) is 0.618. The Labute approximate surface area is 48.2 Å². The van der Waals surface area contributed by atoms with Gasteiger partial charge in [0.05, 0.1) is 0 Å². The Morgan fingerprint density at radius 1 is 1.62 bits per heavy atom. The van der Waals surface area contributed by atoms with Crippen molar-refractivity contribution in [2.75, 3.05) is 0 Å². The second-order valence-electron chi connectivity index (χ2n) is 1.92. The highest BCUT2D eigenvalue weighted by Gasteiger charge is 1.98. The summed E-state index contributed by atoms with van der Waals surface area (Å²) in [5.74, 6) is 0. The van der Waals surface area contributed by atoms with E-state index in [0.717, 1.165) is 6.54 Å². The van der Waals surface area contributed by atoms with E-state index in [1.165, 1.54) is 5.69 Å². The Morgan fingerprint density at radius 2 is 2.62 bits per heavy atom. The van der Waals surface area contributed by atoms with Crippen LogP contribution in [0, 0.1) is 6.07 Å². The summed E-state index contributed by atoms with van der Waals surface area (Å²) >= 11 is 0. The number of nitrogens with zero attached hydrogens (tertiary/aromatic N) is 1. The highest BCUT2D eigenvalue weighted by molar-refractivity contribution is 5.48. The maximum Gasteiger partial charge on any atom is 0.0413 e. The first kappa shape index (κ1) is 3.96. The van der Waals surface area contributed by atoms with Crippen LogP contribution in [0.3, 0.4) is 0 Å². The maximum absolute atomic E-state index is 3.01. The van der Waals surface area contributed by atoms with Crippen LogP contribution < -0.4 is 0 Å². The third-order valence-corrected chi connectivity index (χ3v) is 1.38. The van der Waals surface area contributed by atoms with Crippen LogP contribution in [-0.4, -0.2) is 4.57 Å². The van der Waals surface area contributed by atoms with Crippen LogP contribution in [0.25, 0.3) is 6.08 Å². The third-order valence-electron chi connectivity index (χ3n) is 1.38. The van der Waals surface area contributed by atoms with Gasteiger partial charge in [0.25, 0.3) is 0 Å². The van der Waals surface area contributed by atoms with E-state index in [0.29, 0.717) is 0 Å². The van der Waals surface area contributed by atoms with E-state index >= 15 is 0 Å². The molecule has 1 aromatic heterocycles. The number of rotatable bonds is 0. The zero-order valence-electron chi connectivity index (χ0n) is 4.46. The van der Waals surface area contributed by atoms with Crippen LogP contribution in [0.1, 0.15) is 5.69 Å². The maximum atomic E-state index is 3.01.